The minimum Gasteiger partial charge on any atom is -0.349 e. The minimum atomic E-state index is -0.148. The molecule has 2 N–H and O–H groups in total. The van der Waals surface area contributed by atoms with Gasteiger partial charge in [-0.15, -0.1) is 11.3 Å². The van der Waals surface area contributed by atoms with Crippen LogP contribution in [0.2, 0.25) is 0 Å². The Hall–Kier alpha value is -2.14. The second-order valence-corrected chi connectivity index (χ2v) is 9.60. The Balaban J connectivity index is 1.46. The number of nitrogens with one attached hydrogen (secondary N) is 2. The van der Waals surface area contributed by atoms with Crippen LogP contribution < -0.4 is 10.6 Å². The summed E-state index contributed by atoms with van der Waals surface area (Å²) in [7, 11) is 0. The molecule has 3 atom stereocenters. The summed E-state index contributed by atoms with van der Waals surface area (Å²) in [5, 5.41) is 8.02. The fourth-order valence-electron chi connectivity index (χ4n) is 5.00. The number of rotatable bonds is 4. The SMILES string of the molecule is CC1(C)C2CCC1(C)C(NC(=O)c1cccc(NC(=O)c3cccs3)c1)C2. The Kier molecular flexibility index (Phi) is 4.38. The first kappa shape index (κ1) is 18.2. The van der Waals surface area contributed by atoms with Crippen molar-refractivity contribution in [1.82, 2.24) is 5.32 Å². The lowest BCUT2D eigenvalue weighted by molar-refractivity contribution is 0.0825. The Morgan fingerprint density at radius 1 is 1.11 bits per heavy atom. The molecule has 2 fully saturated rings. The zero-order chi connectivity index (χ0) is 19.2. The average Bonchev–Trinajstić information content (AvgIpc) is 3.29. The van der Waals surface area contributed by atoms with E-state index in [1.807, 2.05) is 23.6 Å². The molecule has 0 radical (unpaired) electrons. The highest BCUT2D eigenvalue weighted by molar-refractivity contribution is 7.12. The molecular weight excluding hydrogens is 356 g/mol. The summed E-state index contributed by atoms with van der Waals surface area (Å²) >= 11 is 1.40. The topological polar surface area (TPSA) is 58.2 Å². The molecule has 0 saturated heterocycles. The standard InChI is InChI=1S/C22H26N2O2S/c1-21(2)15-9-10-22(21,3)18(13-15)24-19(25)14-6-4-7-16(12-14)23-20(26)17-8-5-11-27-17/h4-8,11-12,15,18H,9-10,13H2,1-3H3,(H,23,26)(H,24,25). The smallest absolute Gasteiger partial charge is 0.265 e. The number of anilines is 1. The van der Waals surface area contributed by atoms with Crippen LogP contribution in [0.15, 0.2) is 41.8 Å². The fourth-order valence-corrected chi connectivity index (χ4v) is 5.62. The lowest BCUT2D eigenvalue weighted by Crippen LogP contribution is -2.46. The number of amides is 2. The molecule has 2 aliphatic carbocycles. The predicted molar refractivity (Wildman–Crippen MR) is 109 cm³/mol. The van der Waals surface area contributed by atoms with E-state index in [9.17, 15) is 9.59 Å². The van der Waals surface area contributed by atoms with Crippen molar-refractivity contribution >= 4 is 28.8 Å². The molecule has 142 valence electrons. The Labute approximate surface area is 164 Å². The van der Waals surface area contributed by atoms with Crippen LogP contribution in [-0.4, -0.2) is 17.9 Å². The number of fused-ring (bicyclic) bond motifs is 2. The Bertz CT molecular complexity index is 874. The van der Waals surface area contributed by atoms with E-state index >= 15 is 0 Å². The van der Waals surface area contributed by atoms with Crippen LogP contribution in [-0.2, 0) is 0 Å². The van der Waals surface area contributed by atoms with Crippen molar-refractivity contribution < 1.29 is 9.59 Å². The quantitative estimate of drug-likeness (QED) is 0.786. The van der Waals surface area contributed by atoms with E-state index in [2.05, 4.69) is 31.4 Å². The molecule has 2 saturated carbocycles. The molecule has 2 amide bonds. The van der Waals surface area contributed by atoms with Crippen molar-refractivity contribution in [3.05, 3.63) is 52.2 Å². The fraction of sp³-hybridized carbons (Fsp3) is 0.455. The molecule has 1 heterocycles. The van der Waals surface area contributed by atoms with Crippen LogP contribution in [0.1, 0.15) is 60.1 Å². The summed E-state index contributed by atoms with van der Waals surface area (Å²) in [5.74, 6) is 0.478. The number of carbonyl (C=O) groups excluding carboxylic acids is 2. The average molecular weight is 383 g/mol. The molecule has 0 spiro atoms. The van der Waals surface area contributed by atoms with Gasteiger partial charge in [-0.3, -0.25) is 9.59 Å². The predicted octanol–water partition coefficient (Wildman–Crippen LogP) is 4.95. The van der Waals surface area contributed by atoms with E-state index in [1.54, 1.807) is 18.2 Å². The van der Waals surface area contributed by atoms with Crippen LogP contribution in [0, 0.1) is 16.7 Å². The highest BCUT2D eigenvalue weighted by Crippen LogP contribution is 2.65. The van der Waals surface area contributed by atoms with Crippen LogP contribution in [0.4, 0.5) is 5.69 Å². The van der Waals surface area contributed by atoms with Crippen LogP contribution in [0.25, 0.3) is 0 Å². The lowest BCUT2D eigenvalue weighted by Gasteiger charge is -2.39. The zero-order valence-corrected chi connectivity index (χ0v) is 16.9. The lowest BCUT2D eigenvalue weighted by atomic mass is 9.69. The Morgan fingerprint density at radius 2 is 1.93 bits per heavy atom. The summed E-state index contributed by atoms with van der Waals surface area (Å²) in [6.07, 6.45) is 3.50. The van der Waals surface area contributed by atoms with Crippen molar-refractivity contribution in [3.8, 4) is 0 Å². The van der Waals surface area contributed by atoms with Gasteiger partial charge in [0, 0.05) is 17.3 Å². The third kappa shape index (κ3) is 2.98. The third-order valence-electron chi connectivity index (χ3n) is 7.23. The van der Waals surface area contributed by atoms with Crippen molar-refractivity contribution in [2.24, 2.45) is 16.7 Å². The monoisotopic (exact) mass is 382 g/mol. The highest BCUT2D eigenvalue weighted by atomic mass is 32.1. The van der Waals surface area contributed by atoms with E-state index in [0.717, 1.165) is 6.42 Å². The highest BCUT2D eigenvalue weighted by Gasteiger charge is 2.61. The van der Waals surface area contributed by atoms with Gasteiger partial charge >= 0.3 is 0 Å². The van der Waals surface area contributed by atoms with E-state index in [0.29, 0.717) is 22.0 Å². The van der Waals surface area contributed by atoms with E-state index in [4.69, 9.17) is 0 Å². The first-order valence-electron chi connectivity index (χ1n) is 9.57. The number of benzene rings is 1. The van der Waals surface area contributed by atoms with Gasteiger partial charge in [-0.2, -0.15) is 0 Å². The van der Waals surface area contributed by atoms with Gasteiger partial charge in [0.1, 0.15) is 0 Å². The van der Waals surface area contributed by atoms with Crippen molar-refractivity contribution in [1.29, 1.82) is 0 Å². The molecule has 2 aromatic rings. The molecule has 2 bridgehead atoms. The molecule has 3 unspecified atom stereocenters. The number of carbonyl (C=O) groups is 2. The molecule has 1 aromatic carbocycles. The Morgan fingerprint density at radius 3 is 2.56 bits per heavy atom. The van der Waals surface area contributed by atoms with Crippen molar-refractivity contribution in [2.45, 2.75) is 46.1 Å². The first-order valence-corrected chi connectivity index (χ1v) is 10.4. The van der Waals surface area contributed by atoms with Gasteiger partial charge in [0.2, 0.25) is 0 Å². The molecule has 4 rings (SSSR count). The molecule has 27 heavy (non-hydrogen) atoms. The van der Waals surface area contributed by atoms with Gasteiger partial charge in [-0.1, -0.05) is 32.9 Å². The van der Waals surface area contributed by atoms with E-state index in [-0.39, 0.29) is 28.7 Å². The van der Waals surface area contributed by atoms with Crippen LogP contribution in [0.3, 0.4) is 0 Å². The largest absolute Gasteiger partial charge is 0.349 e. The van der Waals surface area contributed by atoms with Crippen LogP contribution >= 0.6 is 11.3 Å². The maximum absolute atomic E-state index is 12.9. The summed E-state index contributed by atoms with van der Waals surface area (Å²) in [6.45, 7) is 7.01. The van der Waals surface area contributed by atoms with Crippen molar-refractivity contribution in [3.63, 3.8) is 0 Å². The number of hydrogen-bond acceptors (Lipinski definition) is 3. The van der Waals surface area contributed by atoms with E-state index in [1.165, 1.54) is 24.2 Å². The second kappa shape index (κ2) is 6.48. The normalized spacial score (nSPS) is 28.1. The molecular formula is C22H26N2O2S. The molecule has 1 aromatic heterocycles. The zero-order valence-electron chi connectivity index (χ0n) is 16.0. The van der Waals surface area contributed by atoms with Crippen molar-refractivity contribution in [2.75, 3.05) is 5.32 Å². The van der Waals surface area contributed by atoms with Gasteiger partial charge in [0.05, 0.1) is 4.88 Å². The molecule has 5 heteroatoms. The first-order chi connectivity index (χ1) is 12.8. The second-order valence-electron chi connectivity index (χ2n) is 8.65. The maximum atomic E-state index is 12.9. The van der Waals surface area contributed by atoms with Gasteiger partial charge in [-0.25, -0.2) is 0 Å². The summed E-state index contributed by atoms with van der Waals surface area (Å²) in [4.78, 5) is 25.8. The maximum Gasteiger partial charge on any atom is 0.265 e. The molecule has 2 aliphatic rings. The minimum absolute atomic E-state index is 0.0585. The van der Waals surface area contributed by atoms with Gasteiger partial charge < -0.3 is 10.6 Å². The number of hydrogen-bond donors (Lipinski definition) is 2. The van der Waals surface area contributed by atoms with Crippen LogP contribution in [0.5, 0.6) is 0 Å². The van der Waals surface area contributed by atoms with Gasteiger partial charge in [0.25, 0.3) is 11.8 Å². The summed E-state index contributed by atoms with van der Waals surface area (Å²) < 4.78 is 0. The van der Waals surface area contributed by atoms with Gasteiger partial charge in [0.15, 0.2) is 0 Å². The summed E-state index contributed by atoms with van der Waals surface area (Å²) in [6, 6.07) is 11.0. The third-order valence-corrected chi connectivity index (χ3v) is 8.10. The molecule has 0 aliphatic heterocycles. The van der Waals surface area contributed by atoms with Gasteiger partial charge in [-0.05, 0) is 65.7 Å². The summed E-state index contributed by atoms with van der Waals surface area (Å²) in [5.41, 5.74) is 1.64. The molecule has 4 nitrogen and oxygen atoms in total. The van der Waals surface area contributed by atoms with E-state index < -0.39 is 0 Å². The number of thiophene rings is 1.